The fraction of sp³-hybridized carbons (Fsp3) is 0.227. The number of aryl methyl sites for hydroxylation is 2. The van der Waals surface area contributed by atoms with Gasteiger partial charge in [0, 0.05) is 0 Å². The molecular formula is C22H22N2O5S. The first kappa shape index (κ1) is 21.4. The zero-order valence-electron chi connectivity index (χ0n) is 16.9. The second-order valence-corrected chi connectivity index (χ2v) is 7.70. The van der Waals surface area contributed by atoms with Gasteiger partial charge >= 0.3 is 5.97 Å². The van der Waals surface area contributed by atoms with E-state index in [1.165, 1.54) is 18.9 Å². The second-order valence-electron chi connectivity index (χ2n) is 6.67. The van der Waals surface area contributed by atoms with Gasteiger partial charge in [0.1, 0.15) is 0 Å². The van der Waals surface area contributed by atoms with Gasteiger partial charge < -0.3 is 19.9 Å². The van der Waals surface area contributed by atoms with E-state index in [1.54, 1.807) is 24.3 Å². The normalized spacial score (nSPS) is 16.0. The minimum absolute atomic E-state index is 0.0443. The van der Waals surface area contributed by atoms with Crippen molar-refractivity contribution >= 4 is 40.6 Å². The molecule has 8 heteroatoms. The molecule has 2 N–H and O–H groups in total. The average Bonchev–Trinajstić information content (AvgIpc) is 3.03. The third-order valence-electron chi connectivity index (χ3n) is 4.28. The molecule has 0 aromatic heterocycles. The van der Waals surface area contributed by atoms with Crippen LogP contribution in [0.4, 0.5) is 5.69 Å². The number of hydrogen-bond donors (Lipinski definition) is 2. The third-order valence-corrected chi connectivity index (χ3v) is 5.19. The van der Waals surface area contributed by atoms with Gasteiger partial charge in [0.25, 0.3) is 5.91 Å². The highest BCUT2D eigenvalue weighted by Crippen LogP contribution is 2.32. The van der Waals surface area contributed by atoms with E-state index < -0.39 is 5.97 Å². The molecular weight excluding hydrogens is 404 g/mol. The zero-order valence-corrected chi connectivity index (χ0v) is 17.7. The molecule has 2 aromatic carbocycles. The Kier molecular flexibility index (Phi) is 6.79. The molecule has 1 aliphatic heterocycles. The lowest BCUT2D eigenvalue weighted by Gasteiger charge is -2.10. The summed E-state index contributed by atoms with van der Waals surface area (Å²) in [5.74, 6) is -0.244. The van der Waals surface area contributed by atoms with E-state index in [2.05, 4.69) is 10.3 Å². The van der Waals surface area contributed by atoms with Crippen LogP contribution >= 0.6 is 11.8 Å². The Morgan fingerprint density at radius 1 is 1.20 bits per heavy atom. The van der Waals surface area contributed by atoms with Crippen molar-refractivity contribution in [2.24, 2.45) is 4.99 Å². The number of carbonyl (C=O) groups excluding carboxylic acids is 1. The summed E-state index contributed by atoms with van der Waals surface area (Å²) in [6.07, 6.45) is 1.64. The van der Waals surface area contributed by atoms with Gasteiger partial charge in [0.2, 0.25) is 0 Å². The molecule has 7 nitrogen and oxygen atoms in total. The Bertz CT molecular complexity index is 1050. The Balaban J connectivity index is 1.77. The molecule has 1 fully saturated rings. The molecule has 30 heavy (non-hydrogen) atoms. The first-order valence-corrected chi connectivity index (χ1v) is 10.1. The van der Waals surface area contributed by atoms with Crippen molar-refractivity contribution in [2.45, 2.75) is 20.3 Å². The molecule has 0 saturated carbocycles. The standard InChI is InChI=1S/C22H22N2O5S/c1-13-4-6-16(14(2)10-13)23-22-24-21(27)19(30-22)12-15-5-7-17(18(11-15)28-3)29-9-8-20(25)26/h4-7,10-12H,8-9H2,1-3H3,(H,25,26)(H,23,24,27)/b19-12+. The topological polar surface area (TPSA) is 97.2 Å². The van der Waals surface area contributed by atoms with Gasteiger partial charge in [0.15, 0.2) is 16.7 Å². The summed E-state index contributed by atoms with van der Waals surface area (Å²) in [6.45, 7) is 4.05. The second kappa shape index (κ2) is 9.49. The molecule has 0 spiro atoms. The summed E-state index contributed by atoms with van der Waals surface area (Å²) in [6, 6.07) is 11.2. The maximum absolute atomic E-state index is 12.4. The quantitative estimate of drug-likeness (QED) is 0.648. The number of aliphatic carboxylic acids is 1. The van der Waals surface area contributed by atoms with Crippen LogP contribution in [0.5, 0.6) is 11.5 Å². The number of amides is 1. The van der Waals surface area contributed by atoms with Crippen LogP contribution in [0.25, 0.3) is 6.08 Å². The van der Waals surface area contributed by atoms with Gasteiger partial charge in [-0.15, -0.1) is 0 Å². The number of rotatable bonds is 7. The number of amidine groups is 1. The fourth-order valence-electron chi connectivity index (χ4n) is 2.81. The number of carboxylic acids is 1. The Labute approximate surface area is 178 Å². The number of carboxylic acid groups (broad SMARTS) is 1. The van der Waals surface area contributed by atoms with Gasteiger partial charge in [-0.05, 0) is 61.0 Å². The summed E-state index contributed by atoms with van der Waals surface area (Å²) in [5.41, 5.74) is 3.76. The van der Waals surface area contributed by atoms with Gasteiger partial charge in [-0.1, -0.05) is 23.8 Å². The van der Waals surface area contributed by atoms with Gasteiger partial charge in [-0.2, -0.15) is 0 Å². The summed E-state index contributed by atoms with van der Waals surface area (Å²) in [4.78, 5) is 28.0. The minimum Gasteiger partial charge on any atom is -0.493 e. The van der Waals surface area contributed by atoms with Crippen LogP contribution in [0.2, 0.25) is 0 Å². The number of nitrogens with zero attached hydrogens (tertiary/aromatic N) is 1. The van der Waals surface area contributed by atoms with Gasteiger partial charge in [0.05, 0.1) is 30.7 Å². The van der Waals surface area contributed by atoms with Crippen molar-refractivity contribution in [3.8, 4) is 11.5 Å². The molecule has 0 unspecified atom stereocenters. The number of hydrogen-bond acceptors (Lipinski definition) is 6. The van der Waals surface area contributed by atoms with Crippen molar-refractivity contribution < 1.29 is 24.2 Å². The number of thioether (sulfide) groups is 1. The number of ether oxygens (including phenoxy) is 2. The van der Waals surface area contributed by atoms with E-state index in [0.29, 0.717) is 21.6 Å². The van der Waals surface area contributed by atoms with E-state index in [0.717, 1.165) is 22.4 Å². The Morgan fingerprint density at radius 3 is 2.70 bits per heavy atom. The molecule has 0 aliphatic carbocycles. The number of methoxy groups -OCH3 is 1. The van der Waals surface area contributed by atoms with Crippen LogP contribution in [-0.4, -0.2) is 35.9 Å². The molecule has 0 atom stereocenters. The maximum atomic E-state index is 12.4. The van der Waals surface area contributed by atoms with E-state index in [-0.39, 0.29) is 18.9 Å². The van der Waals surface area contributed by atoms with Crippen LogP contribution in [0.15, 0.2) is 46.3 Å². The average molecular weight is 426 g/mol. The largest absolute Gasteiger partial charge is 0.493 e. The predicted octanol–water partition coefficient (Wildman–Crippen LogP) is 4.06. The van der Waals surface area contributed by atoms with Crippen LogP contribution in [0.1, 0.15) is 23.1 Å². The van der Waals surface area contributed by atoms with Crippen molar-refractivity contribution in [3.63, 3.8) is 0 Å². The smallest absolute Gasteiger partial charge is 0.306 e. The highest BCUT2D eigenvalue weighted by molar-refractivity contribution is 8.18. The zero-order chi connectivity index (χ0) is 21.7. The minimum atomic E-state index is -0.933. The first-order valence-electron chi connectivity index (χ1n) is 9.25. The number of benzene rings is 2. The molecule has 0 bridgehead atoms. The number of aliphatic imine (C=N–C) groups is 1. The first-order chi connectivity index (χ1) is 14.4. The van der Waals surface area contributed by atoms with Gasteiger partial charge in [-0.25, -0.2) is 4.99 Å². The summed E-state index contributed by atoms with van der Waals surface area (Å²) in [5, 5.41) is 12.0. The lowest BCUT2D eigenvalue weighted by molar-refractivity contribution is -0.137. The third kappa shape index (κ3) is 5.42. The van der Waals surface area contributed by atoms with Crippen molar-refractivity contribution in [1.29, 1.82) is 0 Å². The van der Waals surface area contributed by atoms with Crippen molar-refractivity contribution in [1.82, 2.24) is 5.32 Å². The molecule has 2 aromatic rings. The Morgan fingerprint density at radius 2 is 2.00 bits per heavy atom. The van der Waals surface area contributed by atoms with Crippen molar-refractivity contribution in [2.75, 3.05) is 13.7 Å². The van der Waals surface area contributed by atoms with Crippen LogP contribution in [-0.2, 0) is 9.59 Å². The lowest BCUT2D eigenvalue weighted by atomic mass is 10.1. The van der Waals surface area contributed by atoms with Gasteiger partial charge in [-0.3, -0.25) is 9.59 Å². The van der Waals surface area contributed by atoms with Crippen LogP contribution in [0, 0.1) is 13.8 Å². The molecule has 3 rings (SSSR count). The van der Waals surface area contributed by atoms with E-state index >= 15 is 0 Å². The molecule has 1 aliphatic rings. The van der Waals surface area contributed by atoms with Crippen molar-refractivity contribution in [3.05, 3.63) is 58.0 Å². The fourth-order valence-corrected chi connectivity index (χ4v) is 3.65. The molecule has 0 radical (unpaired) electrons. The number of carbonyl (C=O) groups is 2. The summed E-state index contributed by atoms with van der Waals surface area (Å²) >= 11 is 1.27. The predicted molar refractivity (Wildman–Crippen MR) is 117 cm³/mol. The highest BCUT2D eigenvalue weighted by atomic mass is 32.2. The SMILES string of the molecule is COc1cc(/C=C2/SC(=Nc3ccc(C)cc3C)NC2=O)ccc1OCCC(=O)O. The summed E-state index contributed by atoms with van der Waals surface area (Å²) in [7, 11) is 1.50. The summed E-state index contributed by atoms with van der Waals surface area (Å²) < 4.78 is 10.8. The molecule has 156 valence electrons. The molecule has 1 saturated heterocycles. The maximum Gasteiger partial charge on any atom is 0.306 e. The molecule has 1 heterocycles. The Hall–Kier alpha value is -3.26. The van der Waals surface area contributed by atoms with E-state index in [4.69, 9.17) is 14.6 Å². The monoisotopic (exact) mass is 426 g/mol. The lowest BCUT2D eigenvalue weighted by Crippen LogP contribution is -2.19. The van der Waals surface area contributed by atoms with E-state index in [1.807, 2.05) is 32.0 Å². The number of nitrogens with one attached hydrogen (secondary N) is 1. The molecule has 1 amide bonds. The van der Waals surface area contributed by atoms with Crippen LogP contribution in [0.3, 0.4) is 0 Å². The van der Waals surface area contributed by atoms with E-state index in [9.17, 15) is 9.59 Å². The van der Waals surface area contributed by atoms with Crippen LogP contribution < -0.4 is 14.8 Å². The highest BCUT2D eigenvalue weighted by Gasteiger charge is 2.24.